The number of benzene rings is 1. The Balaban J connectivity index is 1.78. The molecule has 1 aromatic rings. The molecule has 1 nitrogen and oxygen atoms in total. The number of nitrogens with one attached hydrogen (secondary N) is 1. The second-order valence-electron chi connectivity index (χ2n) is 6.27. The molecule has 1 N–H and O–H groups in total. The molecule has 0 aliphatic heterocycles. The number of halogens is 2. The van der Waals surface area contributed by atoms with Crippen LogP contribution < -0.4 is 5.32 Å². The number of rotatable bonds is 5. The van der Waals surface area contributed by atoms with Crippen LogP contribution in [0.4, 0.5) is 0 Å². The van der Waals surface area contributed by atoms with Gasteiger partial charge in [0.05, 0.1) is 0 Å². The van der Waals surface area contributed by atoms with Gasteiger partial charge in [-0.2, -0.15) is 0 Å². The molecule has 1 fully saturated rings. The zero-order valence-corrected chi connectivity index (χ0v) is 14.0. The Kier molecular flexibility index (Phi) is 6.20. The smallest absolute Gasteiger partial charge is 0.0468 e. The van der Waals surface area contributed by atoms with E-state index in [2.05, 4.69) is 19.2 Å². The van der Waals surface area contributed by atoms with Gasteiger partial charge in [-0.05, 0) is 55.8 Å². The maximum Gasteiger partial charge on any atom is 0.0468 e. The van der Waals surface area contributed by atoms with E-state index in [0.29, 0.717) is 5.02 Å². The van der Waals surface area contributed by atoms with Gasteiger partial charge in [0.15, 0.2) is 0 Å². The fraction of sp³-hybridized carbons (Fsp3) is 0.647. The minimum Gasteiger partial charge on any atom is -0.310 e. The van der Waals surface area contributed by atoms with Crippen molar-refractivity contribution < 1.29 is 0 Å². The van der Waals surface area contributed by atoms with Gasteiger partial charge in [-0.25, -0.2) is 0 Å². The largest absolute Gasteiger partial charge is 0.310 e. The molecule has 1 aliphatic rings. The van der Waals surface area contributed by atoms with E-state index in [0.717, 1.165) is 29.0 Å². The van der Waals surface area contributed by atoms with Gasteiger partial charge in [-0.1, -0.05) is 55.5 Å². The molecular weight excluding hydrogens is 289 g/mol. The molecular formula is C17H25Cl2N. The van der Waals surface area contributed by atoms with E-state index in [1.807, 2.05) is 18.2 Å². The van der Waals surface area contributed by atoms with E-state index in [4.69, 9.17) is 23.2 Å². The van der Waals surface area contributed by atoms with Crippen LogP contribution in [0.5, 0.6) is 0 Å². The number of hydrogen-bond acceptors (Lipinski definition) is 1. The van der Waals surface area contributed by atoms with Crippen molar-refractivity contribution in [2.75, 3.05) is 6.54 Å². The van der Waals surface area contributed by atoms with Crippen LogP contribution in [0.1, 0.15) is 57.6 Å². The summed E-state index contributed by atoms with van der Waals surface area (Å²) < 4.78 is 0. The second-order valence-corrected chi connectivity index (χ2v) is 7.11. The Bertz CT molecular complexity index is 433. The molecule has 3 atom stereocenters. The quantitative estimate of drug-likeness (QED) is 0.717. The summed E-state index contributed by atoms with van der Waals surface area (Å²) >= 11 is 12.2. The van der Waals surface area contributed by atoms with E-state index < -0.39 is 0 Å². The molecule has 1 aliphatic carbocycles. The zero-order chi connectivity index (χ0) is 14.5. The summed E-state index contributed by atoms with van der Waals surface area (Å²) in [6.07, 6.45) is 6.91. The van der Waals surface area contributed by atoms with Crippen LogP contribution in [0.2, 0.25) is 10.0 Å². The summed E-state index contributed by atoms with van der Waals surface area (Å²) in [4.78, 5) is 0. The monoisotopic (exact) mass is 313 g/mol. The lowest BCUT2D eigenvalue weighted by Gasteiger charge is -2.27. The molecule has 0 bridgehead atoms. The minimum atomic E-state index is 0.279. The minimum absolute atomic E-state index is 0.279. The van der Waals surface area contributed by atoms with Crippen molar-refractivity contribution in [2.24, 2.45) is 11.8 Å². The van der Waals surface area contributed by atoms with Crippen LogP contribution >= 0.6 is 23.2 Å². The summed E-state index contributed by atoms with van der Waals surface area (Å²) in [6, 6.07) is 6.02. The van der Waals surface area contributed by atoms with Gasteiger partial charge < -0.3 is 5.32 Å². The third-order valence-electron chi connectivity index (χ3n) is 4.48. The van der Waals surface area contributed by atoms with E-state index in [1.54, 1.807) is 0 Å². The molecule has 3 heteroatoms. The maximum atomic E-state index is 6.25. The summed E-state index contributed by atoms with van der Waals surface area (Å²) in [5.41, 5.74) is 1.13. The molecule has 3 unspecified atom stereocenters. The summed E-state index contributed by atoms with van der Waals surface area (Å²) in [6.45, 7) is 5.62. The van der Waals surface area contributed by atoms with Crippen molar-refractivity contribution in [1.29, 1.82) is 0 Å². The molecule has 0 heterocycles. The predicted molar refractivity (Wildman–Crippen MR) is 88.6 cm³/mol. The van der Waals surface area contributed by atoms with E-state index in [1.165, 1.54) is 32.1 Å². The highest BCUT2D eigenvalue weighted by Gasteiger charge is 2.18. The fourth-order valence-corrected chi connectivity index (χ4v) is 3.86. The summed E-state index contributed by atoms with van der Waals surface area (Å²) in [5, 5.41) is 5.04. The molecule has 0 radical (unpaired) electrons. The highest BCUT2D eigenvalue weighted by molar-refractivity contribution is 6.35. The molecule has 0 saturated heterocycles. The van der Waals surface area contributed by atoms with Gasteiger partial charge in [0.2, 0.25) is 0 Å². The lowest BCUT2D eigenvalue weighted by Crippen LogP contribution is -2.24. The topological polar surface area (TPSA) is 12.0 Å². The fourth-order valence-electron chi connectivity index (χ4n) is 3.29. The standard InChI is InChI=1S/C17H25Cl2N/c1-12-4-3-5-14(10-12)8-9-20-13(2)16-7-6-15(18)11-17(16)19/h6-7,11-14,20H,3-5,8-10H2,1-2H3. The normalized spacial score (nSPS) is 24.6. The second kappa shape index (κ2) is 7.68. The lowest BCUT2D eigenvalue weighted by molar-refractivity contribution is 0.265. The van der Waals surface area contributed by atoms with Gasteiger partial charge in [-0.3, -0.25) is 0 Å². The zero-order valence-electron chi connectivity index (χ0n) is 12.5. The van der Waals surface area contributed by atoms with Gasteiger partial charge in [-0.15, -0.1) is 0 Å². The van der Waals surface area contributed by atoms with E-state index in [9.17, 15) is 0 Å². The van der Waals surface area contributed by atoms with Crippen molar-refractivity contribution in [2.45, 2.75) is 52.0 Å². The van der Waals surface area contributed by atoms with Crippen LogP contribution in [-0.2, 0) is 0 Å². The molecule has 112 valence electrons. The van der Waals surface area contributed by atoms with Gasteiger partial charge in [0.25, 0.3) is 0 Å². The Morgan fingerprint density at radius 2 is 2.10 bits per heavy atom. The summed E-state index contributed by atoms with van der Waals surface area (Å²) in [5.74, 6) is 1.82. The Morgan fingerprint density at radius 1 is 1.30 bits per heavy atom. The first-order chi connectivity index (χ1) is 9.56. The number of hydrogen-bond donors (Lipinski definition) is 1. The van der Waals surface area contributed by atoms with Crippen molar-refractivity contribution in [3.05, 3.63) is 33.8 Å². The van der Waals surface area contributed by atoms with Crippen molar-refractivity contribution in [1.82, 2.24) is 5.32 Å². The SMILES string of the molecule is CC1CCCC(CCNC(C)c2ccc(Cl)cc2Cl)C1. The molecule has 1 aromatic carbocycles. The van der Waals surface area contributed by atoms with Crippen LogP contribution in [-0.4, -0.2) is 6.54 Å². The van der Waals surface area contributed by atoms with Crippen LogP contribution in [0, 0.1) is 11.8 Å². The average molecular weight is 314 g/mol. The third kappa shape index (κ3) is 4.65. The first-order valence-electron chi connectivity index (χ1n) is 7.74. The van der Waals surface area contributed by atoms with Gasteiger partial charge in [0, 0.05) is 16.1 Å². The Hall–Kier alpha value is -0.240. The molecule has 2 rings (SSSR count). The van der Waals surface area contributed by atoms with Crippen LogP contribution in [0.25, 0.3) is 0 Å². The summed E-state index contributed by atoms with van der Waals surface area (Å²) in [7, 11) is 0. The lowest BCUT2D eigenvalue weighted by atomic mass is 9.81. The van der Waals surface area contributed by atoms with E-state index in [-0.39, 0.29) is 6.04 Å². The third-order valence-corrected chi connectivity index (χ3v) is 5.04. The molecule has 0 amide bonds. The molecule has 20 heavy (non-hydrogen) atoms. The highest BCUT2D eigenvalue weighted by Crippen LogP contribution is 2.31. The van der Waals surface area contributed by atoms with Crippen molar-refractivity contribution in [3.8, 4) is 0 Å². The van der Waals surface area contributed by atoms with Crippen LogP contribution in [0.3, 0.4) is 0 Å². The molecule has 0 spiro atoms. The molecule has 1 saturated carbocycles. The Morgan fingerprint density at radius 3 is 2.80 bits per heavy atom. The predicted octanol–water partition coefficient (Wildman–Crippen LogP) is 5.86. The van der Waals surface area contributed by atoms with E-state index >= 15 is 0 Å². The van der Waals surface area contributed by atoms with Crippen molar-refractivity contribution >= 4 is 23.2 Å². The maximum absolute atomic E-state index is 6.25. The van der Waals surface area contributed by atoms with Crippen molar-refractivity contribution in [3.63, 3.8) is 0 Å². The average Bonchev–Trinajstić information content (AvgIpc) is 2.38. The van der Waals surface area contributed by atoms with Crippen LogP contribution in [0.15, 0.2) is 18.2 Å². The molecule has 0 aromatic heterocycles. The first-order valence-corrected chi connectivity index (χ1v) is 8.50. The Labute approximate surface area is 133 Å². The van der Waals surface area contributed by atoms with Gasteiger partial charge >= 0.3 is 0 Å². The highest BCUT2D eigenvalue weighted by atomic mass is 35.5. The van der Waals surface area contributed by atoms with Gasteiger partial charge in [0.1, 0.15) is 0 Å². The first kappa shape index (κ1) is 16.1.